The Morgan fingerprint density at radius 2 is 1.76 bits per heavy atom. The van der Waals surface area contributed by atoms with Crippen molar-refractivity contribution in [1.29, 1.82) is 0 Å². The third-order valence-corrected chi connectivity index (χ3v) is 7.33. The quantitative estimate of drug-likeness (QED) is 0.253. The van der Waals surface area contributed by atoms with Crippen LogP contribution in [-0.4, -0.2) is 71.1 Å². The summed E-state index contributed by atoms with van der Waals surface area (Å²) in [5, 5.41) is 5.87. The van der Waals surface area contributed by atoms with Crippen molar-refractivity contribution in [3.63, 3.8) is 0 Å². The van der Waals surface area contributed by atoms with Crippen molar-refractivity contribution in [2.75, 3.05) is 0 Å². The maximum Gasteiger partial charge on any atom is 0.439 e. The van der Waals surface area contributed by atoms with Crippen molar-refractivity contribution in [3.8, 4) is 22.5 Å². The van der Waals surface area contributed by atoms with Crippen molar-refractivity contribution in [1.82, 2.24) is 19.7 Å². The SMILES string of the molecule is CCCCc1nc(C)n(Cc2cccs2)c(=O)c1Cc1ccc(-c2ccccc2-c2noc(=O)[nH]2)cc1.[K]. The molecule has 0 saturated carbocycles. The predicted octanol–water partition coefficient (Wildman–Crippen LogP) is 5.22. The van der Waals surface area contributed by atoms with E-state index in [2.05, 4.69) is 17.1 Å². The Morgan fingerprint density at radius 3 is 2.42 bits per heavy atom. The fraction of sp³-hybridized carbons (Fsp3) is 0.241. The van der Waals surface area contributed by atoms with Gasteiger partial charge in [-0.3, -0.25) is 18.9 Å². The van der Waals surface area contributed by atoms with E-state index < -0.39 is 5.76 Å². The summed E-state index contributed by atoms with van der Waals surface area (Å²) < 4.78 is 6.49. The summed E-state index contributed by atoms with van der Waals surface area (Å²) in [6, 6.07) is 19.9. The first-order valence-electron chi connectivity index (χ1n) is 12.4. The number of nitrogens with one attached hydrogen (secondary N) is 1. The van der Waals surface area contributed by atoms with Crippen molar-refractivity contribution in [2.24, 2.45) is 0 Å². The standard InChI is InChI=1S/C29H28N4O3S.K/c1-3-4-11-26-25(28(34)33(19(2)30-26)18-22-8-7-16-37-22)17-20-12-14-21(15-13-20)23-9-5-6-10-24(23)27-31-29(35)36-32-27;/h5-10,12-16H,3-4,11,17-18H2,1-2H3,(H,31,32,35);. The molecule has 5 rings (SSSR count). The number of nitrogens with zero attached hydrogens (tertiary/aromatic N) is 3. The molecule has 0 saturated heterocycles. The summed E-state index contributed by atoms with van der Waals surface area (Å²) in [5.74, 6) is 0.559. The van der Waals surface area contributed by atoms with Gasteiger partial charge in [-0.2, -0.15) is 0 Å². The molecule has 1 N–H and O–H groups in total. The normalized spacial score (nSPS) is 10.9. The number of aryl methyl sites for hydroxylation is 2. The van der Waals surface area contributed by atoms with E-state index in [0.29, 0.717) is 18.8 Å². The van der Waals surface area contributed by atoms with Crippen LogP contribution in [0.15, 0.2) is 80.2 Å². The maximum absolute atomic E-state index is 13.7. The van der Waals surface area contributed by atoms with Gasteiger partial charge in [0.2, 0.25) is 0 Å². The smallest absolute Gasteiger partial charge is 0.296 e. The Kier molecular flexibility index (Phi) is 9.86. The van der Waals surface area contributed by atoms with E-state index >= 15 is 0 Å². The zero-order chi connectivity index (χ0) is 25.8. The van der Waals surface area contributed by atoms with Crippen LogP contribution in [0.25, 0.3) is 22.5 Å². The molecular formula is C29H28KN4O3S. The average Bonchev–Trinajstić information content (AvgIpc) is 3.59. The number of unbranched alkanes of at least 4 members (excludes halogenated alkanes) is 1. The zero-order valence-corrected chi connectivity index (χ0v) is 25.8. The molecule has 7 nitrogen and oxygen atoms in total. The maximum atomic E-state index is 13.7. The summed E-state index contributed by atoms with van der Waals surface area (Å²) in [5.41, 5.74) is 5.43. The van der Waals surface area contributed by atoms with Gasteiger partial charge < -0.3 is 0 Å². The van der Waals surface area contributed by atoms with Gasteiger partial charge in [-0.1, -0.05) is 73.1 Å². The average molecular weight is 552 g/mol. The molecule has 0 aliphatic carbocycles. The Hall–Kier alpha value is -2.40. The van der Waals surface area contributed by atoms with Gasteiger partial charge in [-0.05, 0) is 47.9 Å². The second-order valence-electron chi connectivity index (χ2n) is 9.02. The van der Waals surface area contributed by atoms with E-state index in [9.17, 15) is 9.59 Å². The number of rotatable bonds is 9. The molecule has 0 fully saturated rings. The molecule has 1 radical (unpaired) electrons. The molecule has 3 aromatic heterocycles. The number of H-pyrrole nitrogens is 1. The van der Waals surface area contributed by atoms with Gasteiger partial charge in [0.25, 0.3) is 5.56 Å². The van der Waals surface area contributed by atoms with E-state index in [1.807, 2.05) is 73.0 Å². The number of thiophene rings is 1. The number of aromatic amines is 1. The van der Waals surface area contributed by atoms with Crippen molar-refractivity contribution < 1.29 is 4.52 Å². The molecule has 0 amide bonds. The van der Waals surface area contributed by atoms with Gasteiger partial charge in [-0.15, -0.1) is 11.3 Å². The molecule has 0 atom stereocenters. The van der Waals surface area contributed by atoms with Crippen LogP contribution in [0.4, 0.5) is 0 Å². The second kappa shape index (κ2) is 13.1. The van der Waals surface area contributed by atoms with Crippen LogP contribution in [0.3, 0.4) is 0 Å². The molecule has 0 bridgehead atoms. The molecule has 5 aromatic rings. The third kappa shape index (κ3) is 6.41. The minimum absolute atomic E-state index is 0. The van der Waals surface area contributed by atoms with Crippen LogP contribution in [0.1, 0.15) is 47.3 Å². The second-order valence-corrected chi connectivity index (χ2v) is 10.1. The number of aromatic nitrogens is 4. The van der Waals surface area contributed by atoms with Crippen molar-refractivity contribution in [2.45, 2.75) is 46.1 Å². The molecule has 9 heteroatoms. The first-order chi connectivity index (χ1) is 18.0. The summed E-state index contributed by atoms with van der Waals surface area (Å²) in [7, 11) is 0. The molecular weight excluding hydrogens is 524 g/mol. The topological polar surface area (TPSA) is 93.8 Å². The molecule has 189 valence electrons. The summed E-state index contributed by atoms with van der Waals surface area (Å²) in [6.07, 6.45) is 3.36. The summed E-state index contributed by atoms with van der Waals surface area (Å²) >= 11 is 1.65. The number of hydrogen-bond donors (Lipinski definition) is 1. The first-order valence-corrected chi connectivity index (χ1v) is 13.3. The largest absolute Gasteiger partial charge is 0.439 e. The molecule has 0 spiro atoms. The van der Waals surface area contributed by atoms with Crippen LogP contribution >= 0.6 is 11.3 Å². The van der Waals surface area contributed by atoms with E-state index in [0.717, 1.165) is 63.5 Å². The van der Waals surface area contributed by atoms with Gasteiger partial charge in [0, 0.05) is 73.8 Å². The van der Waals surface area contributed by atoms with Crippen LogP contribution in [0, 0.1) is 6.92 Å². The molecule has 38 heavy (non-hydrogen) atoms. The van der Waals surface area contributed by atoms with Crippen LogP contribution in [0.2, 0.25) is 0 Å². The van der Waals surface area contributed by atoms with Crippen molar-refractivity contribution in [3.05, 3.63) is 114 Å². The van der Waals surface area contributed by atoms with Gasteiger partial charge >= 0.3 is 5.76 Å². The molecule has 0 aliphatic heterocycles. The zero-order valence-electron chi connectivity index (χ0n) is 21.9. The fourth-order valence-corrected chi connectivity index (χ4v) is 5.22. The fourth-order valence-electron chi connectivity index (χ4n) is 4.52. The predicted molar refractivity (Wildman–Crippen MR) is 152 cm³/mol. The Labute approximate surface area is 267 Å². The Balaban J connectivity index is 0.00000336. The number of hydrogen-bond acceptors (Lipinski definition) is 6. The van der Waals surface area contributed by atoms with Gasteiger partial charge in [0.15, 0.2) is 5.82 Å². The minimum Gasteiger partial charge on any atom is -0.296 e. The molecule has 0 aliphatic rings. The minimum atomic E-state index is -0.588. The van der Waals surface area contributed by atoms with E-state index in [-0.39, 0.29) is 56.9 Å². The van der Waals surface area contributed by atoms with Gasteiger partial charge in [0.05, 0.1) is 12.2 Å². The van der Waals surface area contributed by atoms with E-state index in [1.165, 1.54) is 0 Å². The van der Waals surface area contributed by atoms with Gasteiger partial charge in [-0.25, -0.2) is 9.78 Å². The van der Waals surface area contributed by atoms with Crippen LogP contribution < -0.4 is 11.3 Å². The van der Waals surface area contributed by atoms with Crippen LogP contribution in [0.5, 0.6) is 0 Å². The third-order valence-electron chi connectivity index (χ3n) is 6.47. The summed E-state index contributed by atoms with van der Waals surface area (Å²) in [6.45, 7) is 4.61. The van der Waals surface area contributed by atoms with Crippen molar-refractivity contribution >= 4 is 62.7 Å². The molecule has 0 unspecified atom stereocenters. The van der Waals surface area contributed by atoms with Crippen LogP contribution in [-0.2, 0) is 19.4 Å². The monoisotopic (exact) mass is 551 g/mol. The molecule has 2 aromatic carbocycles. The summed E-state index contributed by atoms with van der Waals surface area (Å²) in [4.78, 5) is 33.8. The Bertz CT molecular complexity index is 1620. The van der Waals surface area contributed by atoms with E-state index in [1.54, 1.807) is 15.9 Å². The number of benzene rings is 2. The van der Waals surface area contributed by atoms with Gasteiger partial charge in [0.1, 0.15) is 5.82 Å². The molecule has 3 heterocycles. The first kappa shape index (κ1) is 28.6. The van der Waals surface area contributed by atoms with E-state index in [4.69, 9.17) is 9.51 Å². The Morgan fingerprint density at radius 1 is 1.00 bits per heavy atom.